The Labute approximate surface area is 126 Å². The van der Waals surface area contributed by atoms with E-state index in [0.717, 1.165) is 0 Å². The first-order chi connectivity index (χ1) is 9.24. The van der Waals surface area contributed by atoms with Crippen molar-refractivity contribution in [3.63, 3.8) is 0 Å². The molecule has 20 heavy (non-hydrogen) atoms. The number of nitrogen functional groups attached to an aromatic ring is 1. The highest BCUT2D eigenvalue weighted by molar-refractivity contribution is 7.93. The van der Waals surface area contributed by atoms with Crippen molar-refractivity contribution in [3.8, 4) is 0 Å². The van der Waals surface area contributed by atoms with Crippen LogP contribution < -0.4 is 10.5 Å². The molecule has 0 aliphatic heterocycles. The highest BCUT2D eigenvalue weighted by Gasteiger charge is 2.25. The van der Waals surface area contributed by atoms with Gasteiger partial charge in [0.2, 0.25) is 0 Å². The van der Waals surface area contributed by atoms with Crippen LogP contribution in [0.25, 0.3) is 0 Å². The van der Waals surface area contributed by atoms with Crippen molar-refractivity contribution in [1.82, 2.24) is 9.78 Å². The topological polar surface area (TPSA) is 90.0 Å². The molecule has 1 aromatic carbocycles. The minimum Gasteiger partial charge on any atom is -0.381 e. The van der Waals surface area contributed by atoms with Gasteiger partial charge in [-0.05, 0) is 19.1 Å². The summed E-state index contributed by atoms with van der Waals surface area (Å²) in [7, 11) is -2.29. The molecule has 0 radical (unpaired) electrons. The molecule has 0 spiro atoms. The molecular weight excluding hydrogens is 323 g/mol. The van der Waals surface area contributed by atoms with Crippen molar-refractivity contribution in [2.24, 2.45) is 7.05 Å². The van der Waals surface area contributed by atoms with Gasteiger partial charge in [0.1, 0.15) is 0 Å². The van der Waals surface area contributed by atoms with Gasteiger partial charge >= 0.3 is 0 Å². The second kappa shape index (κ2) is 5.16. The van der Waals surface area contributed by atoms with Crippen LogP contribution in [0.3, 0.4) is 0 Å². The number of nitrogens with zero attached hydrogens (tertiary/aromatic N) is 2. The number of aromatic nitrogens is 2. The maximum Gasteiger partial charge on any atom is 0.267 e. The van der Waals surface area contributed by atoms with Crippen LogP contribution in [0.5, 0.6) is 0 Å². The minimum atomic E-state index is -3.89. The fraction of sp³-hybridized carbons (Fsp3) is 0.182. The number of sulfonamides is 1. The molecule has 1 aromatic heterocycles. The quantitative estimate of drug-likeness (QED) is 0.901. The van der Waals surface area contributed by atoms with Gasteiger partial charge in [-0.1, -0.05) is 29.3 Å². The highest BCUT2D eigenvalue weighted by atomic mass is 35.5. The number of nitrogens with one attached hydrogen (secondary N) is 1. The third-order valence-electron chi connectivity index (χ3n) is 2.77. The Hall–Kier alpha value is -1.44. The Balaban J connectivity index is 2.49. The average molecular weight is 335 g/mol. The maximum absolute atomic E-state index is 12.4. The van der Waals surface area contributed by atoms with Gasteiger partial charge in [0.05, 0.1) is 21.4 Å². The first-order valence-corrected chi connectivity index (χ1v) is 7.74. The number of hydrogen-bond donors (Lipinski definition) is 2. The van der Waals surface area contributed by atoms with E-state index in [1.165, 1.54) is 10.7 Å². The molecule has 9 heteroatoms. The predicted molar refractivity (Wildman–Crippen MR) is 79.6 cm³/mol. The number of aryl methyl sites for hydroxylation is 1. The zero-order chi connectivity index (χ0) is 15.1. The van der Waals surface area contributed by atoms with Gasteiger partial charge in [-0.25, -0.2) is 8.42 Å². The van der Waals surface area contributed by atoms with E-state index in [0.29, 0.717) is 5.69 Å². The Bertz CT molecular complexity index is 771. The molecule has 0 fully saturated rings. The van der Waals surface area contributed by atoms with Crippen LogP contribution >= 0.6 is 23.2 Å². The van der Waals surface area contributed by atoms with E-state index in [1.807, 2.05) is 0 Å². The van der Waals surface area contributed by atoms with Crippen LogP contribution in [0.2, 0.25) is 10.0 Å². The molecule has 108 valence electrons. The first kappa shape index (κ1) is 15.0. The lowest BCUT2D eigenvalue weighted by Gasteiger charge is -2.10. The monoisotopic (exact) mass is 334 g/mol. The molecule has 0 saturated carbocycles. The van der Waals surface area contributed by atoms with Gasteiger partial charge < -0.3 is 5.73 Å². The van der Waals surface area contributed by atoms with Crippen LogP contribution in [0.15, 0.2) is 23.1 Å². The van der Waals surface area contributed by atoms with Gasteiger partial charge in [-0.15, -0.1) is 0 Å². The molecule has 6 nitrogen and oxygen atoms in total. The number of rotatable bonds is 3. The van der Waals surface area contributed by atoms with Gasteiger partial charge in [0.25, 0.3) is 10.0 Å². The Morgan fingerprint density at radius 1 is 1.35 bits per heavy atom. The fourth-order valence-corrected chi connectivity index (χ4v) is 3.53. The van der Waals surface area contributed by atoms with Crippen molar-refractivity contribution in [3.05, 3.63) is 33.9 Å². The first-order valence-electron chi connectivity index (χ1n) is 5.50. The number of benzene rings is 1. The molecule has 0 aliphatic carbocycles. The van der Waals surface area contributed by atoms with Crippen LogP contribution in [0, 0.1) is 6.92 Å². The lowest BCUT2D eigenvalue weighted by Crippen LogP contribution is -2.15. The maximum atomic E-state index is 12.4. The molecule has 3 N–H and O–H groups in total. The molecule has 2 rings (SSSR count). The van der Waals surface area contributed by atoms with E-state index in [2.05, 4.69) is 9.82 Å². The van der Waals surface area contributed by atoms with Crippen LogP contribution in [-0.2, 0) is 17.1 Å². The second-order valence-corrected chi connectivity index (χ2v) is 6.53. The molecule has 0 atom stereocenters. The van der Waals surface area contributed by atoms with E-state index < -0.39 is 10.0 Å². The van der Waals surface area contributed by atoms with E-state index in [1.54, 1.807) is 26.1 Å². The molecule has 0 unspecified atom stereocenters. The summed E-state index contributed by atoms with van der Waals surface area (Å²) in [5.41, 5.74) is 6.25. The third kappa shape index (κ3) is 2.56. The third-order valence-corrected chi connectivity index (χ3v) is 5.12. The Morgan fingerprint density at radius 3 is 2.55 bits per heavy atom. The van der Waals surface area contributed by atoms with Gasteiger partial charge in [-0.2, -0.15) is 5.10 Å². The minimum absolute atomic E-state index is 0.0731. The molecule has 1 heterocycles. The number of halogens is 2. The predicted octanol–water partition coefficient (Wildman–Crippen LogP) is 2.42. The second-order valence-electron chi connectivity index (χ2n) is 4.13. The summed E-state index contributed by atoms with van der Waals surface area (Å²) >= 11 is 11.8. The highest BCUT2D eigenvalue weighted by Crippen LogP contribution is 2.32. The van der Waals surface area contributed by atoms with Crippen molar-refractivity contribution < 1.29 is 8.42 Å². The molecule has 0 bridgehead atoms. The SMILES string of the molecule is Cc1c(S(=O)(=O)Nc2cccc(Cl)c2Cl)c(N)nn1C. The zero-order valence-electron chi connectivity index (χ0n) is 10.7. The summed E-state index contributed by atoms with van der Waals surface area (Å²) in [6.07, 6.45) is 0. The van der Waals surface area contributed by atoms with E-state index in [9.17, 15) is 8.42 Å². The number of hydrogen-bond acceptors (Lipinski definition) is 4. The normalized spacial score (nSPS) is 11.6. The fourth-order valence-electron chi connectivity index (χ4n) is 1.72. The summed E-state index contributed by atoms with van der Waals surface area (Å²) in [5.74, 6) is -0.0735. The van der Waals surface area contributed by atoms with Crippen molar-refractivity contribution >= 4 is 44.7 Å². The molecule has 0 amide bonds. The standard InChI is InChI=1S/C11H12Cl2N4O2S/c1-6-10(11(14)15-17(6)2)20(18,19)16-8-5-3-4-7(12)9(8)13/h3-5,16H,1-2H3,(H2,14,15). The van der Waals surface area contributed by atoms with E-state index in [4.69, 9.17) is 28.9 Å². The van der Waals surface area contributed by atoms with Crippen LogP contribution in [-0.4, -0.2) is 18.2 Å². The zero-order valence-corrected chi connectivity index (χ0v) is 13.0. The summed E-state index contributed by atoms with van der Waals surface area (Å²) in [5, 5.41) is 4.25. The smallest absolute Gasteiger partial charge is 0.267 e. The molecular formula is C11H12Cl2N4O2S. The Kier molecular flexibility index (Phi) is 3.86. The molecule has 0 saturated heterocycles. The lowest BCUT2D eigenvalue weighted by atomic mass is 10.3. The van der Waals surface area contributed by atoms with Crippen molar-refractivity contribution in [2.45, 2.75) is 11.8 Å². The number of anilines is 2. The van der Waals surface area contributed by atoms with E-state index in [-0.39, 0.29) is 26.4 Å². The Morgan fingerprint density at radius 2 is 2.00 bits per heavy atom. The summed E-state index contributed by atoms with van der Waals surface area (Å²) < 4.78 is 28.5. The largest absolute Gasteiger partial charge is 0.381 e. The number of nitrogens with two attached hydrogens (primary N) is 1. The van der Waals surface area contributed by atoms with E-state index >= 15 is 0 Å². The van der Waals surface area contributed by atoms with Gasteiger partial charge in [0, 0.05) is 7.05 Å². The van der Waals surface area contributed by atoms with Gasteiger partial charge in [-0.3, -0.25) is 9.40 Å². The lowest BCUT2D eigenvalue weighted by molar-refractivity contribution is 0.600. The summed E-state index contributed by atoms with van der Waals surface area (Å²) in [6.45, 7) is 1.61. The molecule has 0 aliphatic rings. The summed E-state index contributed by atoms with van der Waals surface area (Å²) in [4.78, 5) is -0.0731. The van der Waals surface area contributed by atoms with Gasteiger partial charge in [0.15, 0.2) is 10.7 Å². The van der Waals surface area contributed by atoms with Crippen LogP contribution in [0.1, 0.15) is 5.69 Å². The summed E-state index contributed by atoms with van der Waals surface area (Å²) in [6, 6.07) is 4.66. The molecule has 2 aromatic rings. The van der Waals surface area contributed by atoms with Crippen molar-refractivity contribution in [2.75, 3.05) is 10.5 Å². The van der Waals surface area contributed by atoms with Crippen LogP contribution in [0.4, 0.5) is 11.5 Å². The van der Waals surface area contributed by atoms with Crippen molar-refractivity contribution in [1.29, 1.82) is 0 Å². The average Bonchev–Trinajstić information content (AvgIpc) is 2.59.